The number of pyridine rings is 1. The standard InChI is InChI=1S/C13H14BrF3N2O/c14-10-4-5-11(18-7-10)19-12(20)8-2-1-3-9(6-8)13(15,16)17/h4-5,7-9H,1-3,6H2,(H,18,19,20). The third kappa shape index (κ3) is 3.94. The number of alkyl halides is 3. The van der Waals surface area contributed by atoms with Crippen LogP contribution in [0.3, 0.4) is 0 Å². The number of anilines is 1. The van der Waals surface area contributed by atoms with Crippen molar-refractivity contribution in [2.75, 3.05) is 5.32 Å². The van der Waals surface area contributed by atoms with Crippen LogP contribution in [0.5, 0.6) is 0 Å². The van der Waals surface area contributed by atoms with Crippen molar-refractivity contribution in [3.05, 3.63) is 22.8 Å². The summed E-state index contributed by atoms with van der Waals surface area (Å²) in [6, 6.07) is 3.31. The number of hydrogen-bond donors (Lipinski definition) is 1. The normalized spacial score (nSPS) is 23.4. The van der Waals surface area contributed by atoms with Gasteiger partial charge in [-0.05, 0) is 47.3 Å². The molecule has 1 fully saturated rings. The van der Waals surface area contributed by atoms with E-state index in [1.807, 2.05) is 0 Å². The molecule has 1 N–H and O–H groups in total. The minimum absolute atomic E-state index is 0.115. The van der Waals surface area contributed by atoms with Crippen LogP contribution in [0, 0.1) is 11.8 Å². The van der Waals surface area contributed by atoms with Gasteiger partial charge in [0.25, 0.3) is 0 Å². The van der Waals surface area contributed by atoms with Gasteiger partial charge in [0.1, 0.15) is 5.82 Å². The van der Waals surface area contributed by atoms with Crippen LogP contribution in [0.15, 0.2) is 22.8 Å². The lowest BCUT2D eigenvalue weighted by Gasteiger charge is -2.29. The van der Waals surface area contributed by atoms with Gasteiger partial charge >= 0.3 is 6.18 Å². The van der Waals surface area contributed by atoms with Crippen molar-refractivity contribution < 1.29 is 18.0 Å². The predicted molar refractivity (Wildman–Crippen MR) is 72.1 cm³/mol. The molecule has 0 radical (unpaired) electrons. The van der Waals surface area contributed by atoms with Crippen molar-refractivity contribution in [1.29, 1.82) is 0 Å². The van der Waals surface area contributed by atoms with Crippen LogP contribution in [0.4, 0.5) is 19.0 Å². The van der Waals surface area contributed by atoms with Gasteiger partial charge in [0.2, 0.25) is 5.91 Å². The lowest BCUT2D eigenvalue weighted by atomic mass is 9.80. The number of halogens is 4. The molecule has 1 aliphatic rings. The van der Waals surface area contributed by atoms with Gasteiger partial charge in [-0.2, -0.15) is 13.2 Å². The topological polar surface area (TPSA) is 42.0 Å². The third-order valence-corrected chi connectivity index (χ3v) is 3.96. The summed E-state index contributed by atoms with van der Waals surface area (Å²) in [5, 5.41) is 2.57. The van der Waals surface area contributed by atoms with Crippen molar-refractivity contribution in [2.45, 2.75) is 31.9 Å². The Hall–Kier alpha value is -1.11. The van der Waals surface area contributed by atoms with Crippen LogP contribution in [-0.4, -0.2) is 17.1 Å². The molecule has 3 nitrogen and oxygen atoms in total. The quantitative estimate of drug-likeness (QED) is 0.870. The van der Waals surface area contributed by atoms with Gasteiger partial charge in [0, 0.05) is 16.6 Å². The average molecular weight is 351 g/mol. The molecule has 0 spiro atoms. The number of aromatic nitrogens is 1. The summed E-state index contributed by atoms with van der Waals surface area (Å²) in [5.41, 5.74) is 0. The Morgan fingerprint density at radius 2 is 2.10 bits per heavy atom. The summed E-state index contributed by atoms with van der Waals surface area (Å²) in [6.07, 6.45) is -1.79. The number of carbonyl (C=O) groups excluding carboxylic acids is 1. The molecule has 1 amide bonds. The van der Waals surface area contributed by atoms with Crippen LogP contribution < -0.4 is 5.32 Å². The molecule has 1 aromatic heterocycles. The molecule has 0 aliphatic heterocycles. The van der Waals surface area contributed by atoms with E-state index in [9.17, 15) is 18.0 Å². The Balaban J connectivity index is 1.97. The molecule has 2 rings (SSSR count). The number of hydrogen-bond acceptors (Lipinski definition) is 2. The fourth-order valence-corrected chi connectivity index (χ4v) is 2.64. The molecule has 1 saturated carbocycles. The summed E-state index contributed by atoms with van der Waals surface area (Å²) < 4.78 is 38.9. The summed E-state index contributed by atoms with van der Waals surface area (Å²) in [6.45, 7) is 0. The Morgan fingerprint density at radius 3 is 2.70 bits per heavy atom. The van der Waals surface area contributed by atoms with Crippen molar-refractivity contribution >= 4 is 27.7 Å². The maximum Gasteiger partial charge on any atom is 0.391 e. The number of amides is 1. The van der Waals surface area contributed by atoms with Crippen LogP contribution in [0.1, 0.15) is 25.7 Å². The molecule has 2 atom stereocenters. The Morgan fingerprint density at radius 1 is 1.35 bits per heavy atom. The molecule has 0 aromatic carbocycles. The zero-order valence-corrected chi connectivity index (χ0v) is 12.2. The van der Waals surface area contributed by atoms with Crippen LogP contribution in [0.25, 0.3) is 0 Å². The highest BCUT2D eigenvalue weighted by Crippen LogP contribution is 2.40. The SMILES string of the molecule is O=C(Nc1ccc(Br)cn1)C1CCCC(C(F)(F)F)C1. The second-order valence-corrected chi connectivity index (χ2v) is 5.87. The van der Waals surface area contributed by atoms with E-state index in [0.29, 0.717) is 18.7 Å². The van der Waals surface area contributed by atoms with Gasteiger partial charge in [-0.3, -0.25) is 4.79 Å². The van der Waals surface area contributed by atoms with E-state index in [0.717, 1.165) is 4.47 Å². The van der Waals surface area contributed by atoms with Crippen molar-refractivity contribution in [2.24, 2.45) is 11.8 Å². The minimum Gasteiger partial charge on any atom is -0.310 e. The zero-order valence-electron chi connectivity index (χ0n) is 10.6. The molecule has 1 heterocycles. The number of nitrogens with zero attached hydrogens (tertiary/aromatic N) is 1. The molecule has 110 valence electrons. The molecule has 7 heteroatoms. The van der Waals surface area contributed by atoms with Crippen molar-refractivity contribution in [1.82, 2.24) is 4.98 Å². The highest BCUT2D eigenvalue weighted by Gasteiger charge is 2.43. The summed E-state index contributed by atoms with van der Waals surface area (Å²) in [5.74, 6) is -1.99. The lowest BCUT2D eigenvalue weighted by Crippen LogP contribution is -2.34. The first-order chi connectivity index (χ1) is 9.36. The molecule has 1 aliphatic carbocycles. The van der Waals surface area contributed by atoms with Gasteiger partial charge in [-0.25, -0.2) is 4.98 Å². The van der Waals surface area contributed by atoms with E-state index in [-0.39, 0.29) is 18.7 Å². The number of rotatable bonds is 2. The molecular weight excluding hydrogens is 337 g/mol. The highest BCUT2D eigenvalue weighted by atomic mass is 79.9. The second-order valence-electron chi connectivity index (χ2n) is 4.95. The van der Waals surface area contributed by atoms with Gasteiger partial charge in [0.15, 0.2) is 0 Å². The second kappa shape index (κ2) is 6.11. The number of carbonyl (C=O) groups is 1. The fourth-order valence-electron chi connectivity index (χ4n) is 2.40. The van der Waals surface area contributed by atoms with E-state index in [1.165, 1.54) is 6.20 Å². The van der Waals surface area contributed by atoms with Crippen LogP contribution >= 0.6 is 15.9 Å². The van der Waals surface area contributed by atoms with E-state index < -0.39 is 18.0 Å². The summed E-state index contributed by atoms with van der Waals surface area (Å²) in [7, 11) is 0. The monoisotopic (exact) mass is 350 g/mol. The molecule has 0 saturated heterocycles. The Kier molecular flexibility index (Phi) is 4.67. The molecule has 20 heavy (non-hydrogen) atoms. The average Bonchev–Trinajstić information content (AvgIpc) is 2.40. The highest BCUT2D eigenvalue weighted by molar-refractivity contribution is 9.10. The zero-order chi connectivity index (χ0) is 14.8. The van der Waals surface area contributed by atoms with Crippen molar-refractivity contribution in [3.8, 4) is 0 Å². The summed E-state index contributed by atoms with van der Waals surface area (Å²) >= 11 is 3.22. The predicted octanol–water partition coefficient (Wildman–Crippen LogP) is 4.15. The van der Waals surface area contributed by atoms with Gasteiger partial charge < -0.3 is 5.32 Å². The molecule has 2 unspecified atom stereocenters. The first kappa shape index (κ1) is 15.3. The van der Waals surface area contributed by atoms with E-state index in [1.54, 1.807) is 12.1 Å². The minimum atomic E-state index is -4.21. The number of nitrogens with one attached hydrogen (secondary N) is 1. The largest absolute Gasteiger partial charge is 0.391 e. The Bertz CT molecular complexity index is 475. The van der Waals surface area contributed by atoms with Gasteiger partial charge in [0.05, 0.1) is 5.92 Å². The molecular formula is C13H14BrF3N2O. The smallest absolute Gasteiger partial charge is 0.310 e. The van der Waals surface area contributed by atoms with Gasteiger partial charge in [-0.15, -0.1) is 0 Å². The maximum atomic E-state index is 12.7. The first-order valence-corrected chi connectivity index (χ1v) is 7.14. The third-order valence-electron chi connectivity index (χ3n) is 3.49. The van der Waals surface area contributed by atoms with Crippen LogP contribution in [-0.2, 0) is 4.79 Å². The molecule has 0 bridgehead atoms. The van der Waals surface area contributed by atoms with E-state index >= 15 is 0 Å². The lowest BCUT2D eigenvalue weighted by molar-refractivity contribution is -0.185. The molecule has 1 aromatic rings. The first-order valence-electron chi connectivity index (χ1n) is 6.35. The van der Waals surface area contributed by atoms with Crippen molar-refractivity contribution in [3.63, 3.8) is 0 Å². The van der Waals surface area contributed by atoms with E-state index in [2.05, 4.69) is 26.2 Å². The summed E-state index contributed by atoms with van der Waals surface area (Å²) in [4.78, 5) is 16.0. The Labute approximate surface area is 123 Å². The fraction of sp³-hybridized carbons (Fsp3) is 0.538. The van der Waals surface area contributed by atoms with Gasteiger partial charge in [-0.1, -0.05) is 6.42 Å². The van der Waals surface area contributed by atoms with Crippen LogP contribution in [0.2, 0.25) is 0 Å². The van der Waals surface area contributed by atoms with E-state index in [4.69, 9.17) is 0 Å². The maximum absolute atomic E-state index is 12.7.